The number of carbonyl (C=O) groups is 2. The normalized spacial score (nSPS) is 44.6. The van der Waals surface area contributed by atoms with Crippen molar-refractivity contribution >= 4 is 11.9 Å². The topological polar surface area (TPSA) is 146 Å². The van der Waals surface area contributed by atoms with Crippen LogP contribution in [0.4, 0.5) is 0 Å². The van der Waals surface area contributed by atoms with Crippen molar-refractivity contribution in [3.05, 3.63) is 41.7 Å². The SMILES string of the molecule is CC(=O)OC(C)[C@@]1(O)CC[C@@]2(O)[C@]1(C)C(OC(=O)c1cccnc1)C[C@@H]1[C@@]3(C)CC[C@H](O)CC3=CC[C@]12O. The summed E-state index contributed by atoms with van der Waals surface area (Å²) in [6.45, 7) is 6.51. The first-order valence-corrected chi connectivity index (χ1v) is 13.6. The third-order valence-electron chi connectivity index (χ3n) is 10.8. The second kappa shape index (κ2) is 8.84. The largest absolute Gasteiger partial charge is 0.460 e. The molecule has 0 spiro atoms. The van der Waals surface area contributed by atoms with Gasteiger partial charge in [0, 0.05) is 25.2 Å². The highest BCUT2D eigenvalue weighted by molar-refractivity contribution is 5.89. The van der Waals surface area contributed by atoms with E-state index in [4.69, 9.17) is 9.47 Å². The molecule has 1 heterocycles. The first kappa shape index (κ1) is 27.2. The van der Waals surface area contributed by atoms with Crippen molar-refractivity contribution in [2.24, 2.45) is 16.7 Å². The van der Waals surface area contributed by atoms with Gasteiger partial charge in [-0.3, -0.25) is 9.78 Å². The van der Waals surface area contributed by atoms with Crippen LogP contribution >= 0.6 is 0 Å². The van der Waals surface area contributed by atoms with Crippen LogP contribution in [0.3, 0.4) is 0 Å². The predicted octanol–water partition coefficient (Wildman–Crippen LogP) is 2.45. The number of aliphatic hydroxyl groups excluding tert-OH is 1. The van der Waals surface area contributed by atoms with E-state index in [0.717, 1.165) is 5.57 Å². The lowest BCUT2D eigenvalue weighted by Gasteiger charge is -2.67. The van der Waals surface area contributed by atoms with Crippen molar-refractivity contribution in [2.75, 3.05) is 0 Å². The van der Waals surface area contributed by atoms with Crippen molar-refractivity contribution in [3.63, 3.8) is 0 Å². The minimum absolute atomic E-state index is 0.0292. The quantitative estimate of drug-likeness (QED) is 0.341. The third-order valence-corrected chi connectivity index (χ3v) is 10.8. The number of hydrogen-bond donors (Lipinski definition) is 4. The molecule has 0 aromatic carbocycles. The number of hydrogen-bond acceptors (Lipinski definition) is 9. The number of esters is 2. The molecule has 4 aliphatic rings. The summed E-state index contributed by atoms with van der Waals surface area (Å²) >= 11 is 0. The molecule has 3 saturated carbocycles. The first-order valence-electron chi connectivity index (χ1n) is 13.6. The van der Waals surface area contributed by atoms with Crippen LogP contribution in [0.5, 0.6) is 0 Å². The number of aromatic nitrogens is 1. The Morgan fingerprint density at radius 3 is 2.55 bits per heavy atom. The summed E-state index contributed by atoms with van der Waals surface area (Å²) in [6, 6.07) is 3.20. The summed E-state index contributed by atoms with van der Waals surface area (Å²) in [4.78, 5) is 29.2. The van der Waals surface area contributed by atoms with Crippen LogP contribution in [0.25, 0.3) is 0 Å². The van der Waals surface area contributed by atoms with Crippen molar-refractivity contribution in [1.29, 1.82) is 0 Å². The van der Waals surface area contributed by atoms with Gasteiger partial charge < -0.3 is 29.9 Å². The summed E-state index contributed by atoms with van der Waals surface area (Å²) in [6.07, 6.45) is 4.41. The summed E-state index contributed by atoms with van der Waals surface area (Å²) < 4.78 is 11.6. The van der Waals surface area contributed by atoms with Gasteiger partial charge in [-0.15, -0.1) is 0 Å². The fraction of sp³-hybridized carbons (Fsp3) is 0.690. The van der Waals surface area contributed by atoms with Gasteiger partial charge in [0.2, 0.25) is 0 Å². The zero-order valence-corrected chi connectivity index (χ0v) is 22.5. The zero-order chi connectivity index (χ0) is 27.7. The van der Waals surface area contributed by atoms with Gasteiger partial charge in [-0.1, -0.05) is 25.5 Å². The lowest BCUT2D eigenvalue weighted by molar-refractivity contribution is -0.324. The first-order chi connectivity index (χ1) is 17.7. The van der Waals surface area contributed by atoms with E-state index in [2.05, 4.69) is 4.98 Å². The fourth-order valence-corrected chi connectivity index (χ4v) is 8.52. The number of ether oxygens (including phenoxy) is 2. The highest BCUT2D eigenvalue weighted by Gasteiger charge is 2.81. The molecular weight excluding hydrogens is 490 g/mol. The minimum Gasteiger partial charge on any atom is -0.460 e. The van der Waals surface area contributed by atoms with Crippen LogP contribution in [0.15, 0.2) is 36.2 Å². The van der Waals surface area contributed by atoms with Crippen LogP contribution in [0.1, 0.15) is 83.0 Å². The Bertz CT molecular complexity index is 1160. The fourth-order valence-electron chi connectivity index (χ4n) is 8.52. The predicted molar refractivity (Wildman–Crippen MR) is 136 cm³/mol. The van der Waals surface area contributed by atoms with Gasteiger partial charge in [0.15, 0.2) is 0 Å². The Morgan fingerprint density at radius 2 is 1.89 bits per heavy atom. The Balaban J connectivity index is 1.64. The maximum Gasteiger partial charge on any atom is 0.339 e. The van der Waals surface area contributed by atoms with Crippen LogP contribution in [-0.2, 0) is 14.3 Å². The van der Waals surface area contributed by atoms with Gasteiger partial charge >= 0.3 is 11.9 Å². The monoisotopic (exact) mass is 529 g/mol. The Morgan fingerprint density at radius 1 is 1.16 bits per heavy atom. The molecule has 9 heteroatoms. The Labute approximate surface area is 222 Å². The van der Waals surface area contributed by atoms with E-state index in [9.17, 15) is 30.0 Å². The number of rotatable bonds is 4. The van der Waals surface area contributed by atoms with Crippen molar-refractivity contribution < 1.29 is 39.5 Å². The van der Waals surface area contributed by atoms with Gasteiger partial charge in [-0.05, 0) is 69.4 Å². The van der Waals surface area contributed by atoms with Gasteiger partial charge in [-0.2, -0.15) is 0 Å². The molecule has 0 bridgehead atoms. The summed E-state index contributed by atoms with van der Waals surface area (Å²) in [5.41, 5.74) is -6.14. The molecule has 9 atom stereocenters. The lowest BCUT2D eigenvalue weighted by Crippen LogP contribution is -2.78. The maximum absolute atomic E-state index is 13.3. The number of nitrogens with zero attached hydrogens (tertiary/aromatic N) is 1. The molecule has 1 aromatic heterocycles. The molecule has 4 N–H and O–H groups in total. The van der Waals surface area contributed by atoms with Crippen LogP contribution in [0.2, 0.25) is 0 Å². The zero-order valence-electron chi connectivity index (χ0n) is 22.5. The smallest absolute Gasteiger partial charge is 0.339 e. The molecule has 1 aromatic rings. The number of carbonyl (C=O) groups excluding carboxylic acids is 2. The molecule has 0 aliphatic heterocycles. The van der Waals surface area contributed by atoms with E-state index in [0.29, 0.717) is 19.3 Å². The average molecular weight is 530 g/mol. The molecule has 0 saturated heterocycles. The molecule has 0 radical (unpaired) electrons. The highest BCUT2D eigenvalue weighted by Crippen LogP contribution is 2.71. The van der Waals surface area contributed by atoms with E-state index < -0.39 is 63.8 Å². The Kier molecular flexibility index (Phi) is 6.34. The van der Waals surface area contributed by atoms with Crippen molar-refractivity contribution in [3.8, 4) is 0 Å². The van der Waals surface area contributed by atoms with Crippen molar-refractivity contribution in [1.82, 2.24) is 4.98 Å². The molecule has 9 nitrogen and oxygen atoms in total. The van der Waals surface area contributed by atoms with Crippen LogP contribution in [0, 0.1) is 16.7 Å². The highest BCUT2D eigenvalue weighted by atomic mass is 16.6. The summed E-state index contributed by atoms with van der Waals surface area (Å²) in [5.74, 6) is -1.74. The second-order valence-corrected chi connectivity index (χ2v) is 12.3. The van der Waals surface area contributed by atoms with E-state index in [1.54, 1.807) is 32.2 Å². The minimum atomic E-state index is -1.87. The summed E-state index contributed by atoms with van der Waals surface area (Å²) in [7, 11) is 0. The number of pyridine rings is 1. The number of aliphatic hydroxyl groups is 4. The van der Waals surface area contributed by atoms with Crippen molar-refractivity contribution in [2.45, 2.75) is 108 Å². The van der Waals surface area contributed by atoms with Gasteiger partial charge in [-0.25, -0.2) is 4.79 Å². The molecule has 0 amide bonds. The molecule has 4 aliphatic carbocycles. The molecule has 2 unspecified atom stereocenters. The second-order valence-electron chi connectivity index (χ2n) is 12.3. The van der Waals surface area contributed by atoms with E-state index in [1.165, 1.54) is 13.1 Å². The van der Waals surface area contributed by atoms with E-state index in [-0.39, 0.29) is 31.2 Å². The van der Waals surface area contributed by atoms with E-state index in [1.807, 2.05) is 13.0 Å². The lowest BCUT2D eigenvalue weighted by atomic mass is 9.42. The van der Waals surface area contributed by atoms with Crippen LogP contribution in [-0.4, -0.2) is 72.5 Å². The maximum atomic E-state index is 13.3. The molecule has 3 fully saturated rings. The molecule has 38 heavy (non-hydrogen) atoms. The van der Waals surface area contributed by atoms with E-state index >= 15 is 0 Å². The molecular formula is C29H39NO8. The summed E-state index contributed by atoms with van der Waals surface area (Å²) in [5, 5.41) is 47.7. The standard InChI is InChI=1S/C29H39NO8/c1-17(37-18(2)31)27(34)11-12-29(36)26(27,4)23(38-24(33)19-6-5-13-30-16-19)15-22-25(3)9-8-21(32)14-20(25)7-10-28(22,29)35/h5-7,13,16-17,21-23,32,34-36H,8-12,14-15H2,1-4H3/t17?,21-,22+,23?,25-,26+,27-,28-,29+/m0/s1. The average Bonchev–Trinajstić information content (AvgIpc) is 3.10. The van der Waals surface area contributed by atoms with Crippen LogP contribution < -0.4 is 0 Å². The third kappa shape index (κ3) is 3.48. The number of fused-ring (bicyclic) bond motifs is 5. The molecule has 208 valence electrons. The van der Waals surface area contributed by atoms with Gasteiger partial charge in [0.05, 0.1) is 17.1 Å². The van der Waals surface area contributed by atoms with Gasteiger partial charge in [0.25, 0.3) is 0 Å². The molecule has 5 rings (SSSR count). The van der Waals surface area contributed by atoms with Gasteiger partial charge in [0.1, 0.15) is 29.0 Å². The Hall–Kier alpha value is -2.33.